The van der Waals surface area contributed by atoms with Gasteiger partial charge in [0.1, 0.15) is 5.75 Å². The number of hydrogen-bond acceptors (Lipinski definition) is 6. The Morgan fingerprint density at radius 2 is 1.55 bits per heavy atom. The third-order valence-corrected chi connectivity index (χ3v) is 2.89. The number of methoxy groups -OCH3 is 3. The van der Waals surface area contributed by atoms with Crippen LogP contribution in [0.15, 0.2) is 12.1 Å². The van der Waals surface area contributed by atoms with Crippen molar-refractivity contribution in [3.8, 4) is 17.2 Å². The number of hydrogen-bond donors (Lipinski definition) is 3. The monoisotopic (exact) mass is 311 g/mol. The van der Waals surface area contributed by atoms with Crippen LogP contribution in [0.4, 0.5) is 0 Å². The number of benzene rings is 1. The number of amides is 2. The van der Waals surface area contributed by atoms with Gasteiger partial charge in [-0.1, -0.05) is 0 Å². The second-order valence-corrected chi connectivity index (χ2v) is 4.28. The molecule has 0 heterocycles. The summed E-state index contributed by atoms with van der Waals surface area (Å²) in [5.41, 5.74) is 5.86. The maximum atomic E-state index is 11.7. The van der Waals surface area contributed by atoms with Crippen molar-refractivity contribution in [3.05, 3.63) is 17.7 Å². The van der Waals surface area contributed by atoms with Gasteiger partial charge in [-0.15, -0.1) is 0 Å². The Hall–Kier alpha value is -2.48. The van der Waals surface area contributed by atoms with Gasteiger partial charge >= 0.3 is 0 Å². The average Bonchev–Trinajstić information content (AvgIpc) is 2.56. The number of ether oxygens (including phenoxy) is 3. The minimum Gasteiger partial charge on any atom is -0.496 e. The third kappa shape index (κ3) is 4.81. The summed E-state index contributed by atoms with van der Waals surface area (Å²) in [5.74, 6) is 0.898. The molecule has 8 heteroatoms. The minimum atomic E-state index is -0.390. The van der Waals surface area contributed by atoms with Crippen molar-refractivity contribution in [3.63, 3.8) is 0 Å². The molecule has 122 valence electrons. The molecule has 22 heavy (non-hydrogen) atoms. The van der Waals surface area contributed by atoms with Crippen LogP contribution in [0.2, 0.25) is 0 Å². The summed E-state index contributed by atoms with van der Waals surface area (Å²) in [7, 11) is 4.57. The number of carbonyl (C=O) groups is 2. The van der Waals surface area contributed by atoms with E-state index >= 15 is 0 Å². The first kappa shape index (κ1) is 17.6. The number of rotatable bonds is 8. The first-order chi connectivity index (χ1) is 10.5. The Labute approximate surface area is 128 Å². The zero-order chi connectivity index (χ0) is 16.5. The molecule has 2 amide bonds. The van der Waals surface area contributed by atoms with Crippen molar-refractivity contribution in [2.75, 3.05) is 34.4 Å². The molecule has 0 unspecified atom stereocenters. The average molecular weight is 311 g/mol. The van der Waals surface area contributed by atoms with Crippen LogP contribution < -0.4 is 30.6 Å². The number of carbonyl (C=O) groups excluding carboxylic acids is 2. The summed E-state index contributed by atoms with van der Waals surface area (Å²) in [6.45, 7) is -0.0662. The van der Waals surface area contributed by atoms with Crippen LogP contribution in [-0.4, -0.2) is 46.2 Å². The fourth-order valence-electron chi connectivity index (χ4n) is 1.74. The van der Waals surface area contributed by atoms with Gasteiger partial charge in [0.2, 0.25) is 11.8 Å². The van der Waals surface area contributed by atoms with E-state index in [9.17, 15) is 9.59 Å². The lowest BCUT2D eigenvalue weighted by Gasteiger charge is -2.14. The lowest BCUT2D eigenvalue weighted by Crippen LogP contribution is -2.39. The summed E-state index contributed by atoms with van der Waals surface area (Å²) in [6, 6.07) is 3.40. The Morgan fingerprint density at radius 3 is 2.09 bits per heavy atom. The van der Waals surface area contributed by atoms with E-state index < -0.39 is 0 Å². The van der Waals surface area contributed by atoms with Gasteiger partial charge in [-0.25, -0.2) is 0 Å². The highest BCUT2D eigenvalue weighted by Crippen LogP contribution is 2.34. The first-order valence-corrected chi connectivity index (χ1v) is 6.58. The normalized spacial score (nSPS) is 9.82. The van der Waals surface area contributed by atoms with Crippen LogP contribution in [0.3, 0.4) is 0 Å². The zero-order valence-corrected chi connectivity index (χ0v) is 12.9. The fraction of sp³-hybridized carbons (Fsp3) is 0.429. The number of nitrogens with one attached hydrogen (secondary N) is 2. The molecule has 0 aliphatic carbocycles. The largest absolute Gasteiger partial charge is 0.496 e. The van der Waals surface area contributed by atoms with Gasteiger partial charge in [-0.2, -0.15) is 0 Å². The van der Waals surface area contributed by atoms with E-state index in [0.717, 1.165) is 5.56 Å². The van der Waals surface area contributed by atoms with Gasteiger partial charge < -0.3 is 30.6 Å². The highest BCUT2D eigenvalue weighted by molar-refractivity contribution is 5.85. The Bertz CT molecular complexity index is 533. The topological polar surface area (TPSA) is 112 Å². The van der Waals surface area contributed by atoms with E-state index in [1.54, 1.807) is 12.1 Å². The van der Waals surface area contributed by atoms with Crippen LogP contribution in [0, 0.1) is 0 Å². The summed E-state index contributed by atoms with van der Waals surface area (Å²) < 4.78 is 15.7. The van der Waals surface area contributed by atoms with Gasteiger partial charge in [0.05, 0.1) is 34.4 Å². The minimum absolute atomic E-state index is 0.133. The van der Waals surface area contributed by atoms with Crippen molar-refractivity contribution in [2.45, 2.75) is 6.54 Å². The van der Waals surface area contributed by atoms with Crippen LogP contribution in [0.25, 0.3) is 0 Å². The molecule has 0 bridgehead atoms. The van der Waals surface area contributed by atoms with Gasteiger partial charge in [0.25, 0.3) is 0 Å². The fourth-order valence-corrected chi connectivity index (χ4v) is 1.74. The lowest BCUT2D eigenvalue weighted by molar-refractivity contribution is -0.125. The Morgan fingerprint density at radius 1 is 0.955 bits per heavy atom. The van der Waals surface area contributed by atoms with Gasteiger partial charge in [0, 0.05) is 18.2 Å². The second-order valence-electron chi connectivity index (χ2n) is 4.28. The van der Waals surface area contributed by atoms with Crippen molar-refractivity contribution in [1.82, 2.24) is 10.6 Å². The summed E-state index contributed by atoms with van der Waals surface area (Å²) in [5, 5.41) is 5.06. The standard InChI is InChI=1S/C14H21N3O5/c1-20-10-5-12(22-3)11(21-2)4-9(10)7-16-14(19)8-17-13(18)6-15/h4-5H,6-8,15H2,1-3H3,(H,16,19)(H,17,18). The van der Waals surface area contributed by atoms with Crippen molar-refractivity contribution < 1.29 is 23.8 Å². The van der Waals surface area contributed by atoms with E-state index in [2.05, 4.69) is 10.6 Å². The third-order valence-electron chi connectivity index (χ3n) is 2.89. The van der Waals surface area contributed by atoms with Gasteiger partial charge in [-0.3, -0.25) is 9.59 Å². The van der Waals surface area contributed by atoms with Gasteiger partial charge in [0.15, 0.2) is 11.5 Å². The molecule has 0 atom stereocenters. The molecule has 0 aromatic heterocycles. The van der Waals surface area contributed by atoms with Crippen LogP contribution in [0.1, 0.15) is 5.56 Å². The molecule has 1 aromatic carbocycles. The molecule has 0 fully saturated rings. The molecule has 8 nitrogen and oxygen atoms in total. The first-order valence-electron chi connectivity index (χ1n) is 6.58. The Kier molecular flexibility index (Phi) is 6.97. The molecule has 0 aliphatic rings. The molecule has 0 saturated heterocycles. The number of nitrogens with two attached hydrogens (primary N) is 1. The van der Waals surface area contributed by atoms with E-state index in [0.29, 0.717) is 17.2 Å². The van der Waals surface area contributed by atoms with Crippen LogP contribution in [0.5, 0.6) is 17.2 Å². The Balaban J connectivity index is 2.72. The van der Waals surface area contributed by atoms with E-state index in [-0.39, 0.29) is 31.4 Å². The summed E-state index contributed by atoms with van der Waals surface area (Å²) >= 11 is 0. The van der Waals surface area contributed by atoms with Crippen molar-refractivity contribution in [1.29, 1.82) is 0 Å². The van der Waals surface area contributed by atoms with Crippen molar-refractivity contribution >= 4 is 11.8 Å². The van der Waals surface area contributed by atoms with Crippen molar-refractivity contribution in [2.24, 2.45) is 5.73 Å². The van der Waals surface area contributed by atoms with Crippen LogP contribution in [-0.2, 0) is 16.1 Å². The zero-order valence-electron chi connectivity index (χ0n) is 12.9. The SMILES string of the molecule is COc1cc(OC)c(OC)cc1CNC(=O)CNC(=O)CN. The molecule has 1 rings (SSSR count). The molecular formula is C14H21N3O5. The molecule has 1 aromatic rings. The molecular weight excluding hydrogens is 290 g/mol. The maximum Gasteiger partial charge on any atom is 0.239 e. The van der Waals surface area contributed by atoms with E-state index in [4.69, 9.17) is 19.9 Å². The van der Waals surface area contributed by atoms with E-state index in [1.807, 2.05) is 0 Å². The molecule has 0 aliphatic heterocycles. The quantitative estimate of drug-likeness (QED) is 0.591. The predicted octanol–water partition coefficient (Wildman–Crippen LogP) is -0.596. The summed E-state index contributed by atoms with van der Waals surface area (Å²) in [6.07, 6.45) is 0. The highest BCUT2D eigenvalue weighted by Gasteiger charge is 2.12. The maximum absolute atomic E-state index is 11.7. The second kappa shape index (κ2) is 8.73. The molecule has 0 spiro atoms. The van der Waals surface area contributed by atoms with Gasteiger partial charge in [-0.05, 0) is 6.07 Å². The van der Waals surface area contributed by atoms with Crippen LogP contribution >= 0.6 is 0 Å². The predicted molar refractivity (Wildman–Crippen MR) is 80.0 cm³/mol. The molecule has 0 saturated carbocycles. The molecule has 0 radical (unpaired) electrons. The molecule has 4 N–H and O–H groups in total. The van der Waals surface area contributed by atoms with E-state index in [1.165, 1.54) is 21.3 Å². The summed E-state index contributed by atoms with van der Waals surface area (Å²) in [4.78, 5) is 22.6. The lowest BCUT2D eigenvalue weighted by atomic mass is 10.1. The highest BCUT2D eigenvalue weighted by atomic mass is 16.5. The smallest absolute Gasteiger partial charge is 0.239 e.